The first kappa shape index (κ1) is 19.6. The summed E-state index contributed by atoms with van der Waals surface area (Å²) >= 11 is 0. The second-order valence-corrected chi connectivity index (χ2v) is 7.22. The lowest BCUT2D eigenvalue weighted by atomic mass is 10.1. The molecular formula is C22H27N5O. The molecule has 1 aromatic heterocycles. The van der Waals surface area contributed by atoms with E-state index in [1.165, 1.54) is 5.56 Å². The van der Waals surface area contributed by atoms with Crippen LogP contribution in [-0.2, 0) is 13.1 Å². The third-order valence-corrected chi connectivity index (χ3v) is 4.36. The van der Waals surface area contributed by atoms with Crippen LogP contribution >= 0.6 is 0 Å². The predicted octanol–water partition coefficient (Wildman–Crippen LogP) is 3.87. The Balaban J connectivity index is 1.63. The van der Waals surface area contributed by atoms with Crippen LogP contribution in [0.1, 0.15) is 22.5 Å². The average molecular weight is 377 g/mol. The molecule has 0 radical (unpaired) electrons. The van der Waals surface area contributed by atoms with Crippen LogP contribution in [0.2, 0.25) is 0 Å². The second kappa shape index (κ2) is 8.71. The van der Waals surface area contributed by atoms with Crippen LogP contribution in [0.15, 0.2) is 54.6 Å². The van der Waals surface area contributed by atoms with Gasteiger partial charge in [0.2, 0.25) is 0 Å². The smallest absolute Gasteiger partial charge is 0.319 e. The maximum absolute atomic E-state index is 12.4. The molecule has 0 aliphatic heterocycles. The van der Waals surface area contributed by atoms with Gasteiger partial charge in [0.25, 0.3) is 0 Å². The summed E-state index contributed by atoms with van der Waals surface area (Å²) in [4.78, 5) is 14.5. The molecule has 0 bridgehead atoms. The monoisotopic (exact) mass is 377 g/mol. The summed E-state index contributed by atoms with van der Waals surface area (Å²) in [6.45, 7) is 5.32. The Morgan fingerprint density at radius 3 is 2.36 bits per heavy atom. The molecule has 0 aliphatic rings. The Bertz CT molecular complexity index is 944. The molecule has 2 amide bonds. The molecule has 1 heterocycles. The zero-order valence-corrected chi connectivity index (χ0v) is 16.9. The van der Waals surface area contributed by atoms with Crippen LogP contribution in [0.3, 0.4) is 0 Å². The standard InChI is InChI=1S/C22H27N5O/c1-16-13-17(2)27(25-16)21-8-6-5-7-20(21)24-22(28)23-14-18-9-11-19(12-10-18)15-26(3)4/h5-13H,14-15H2,1-4H3,(H2,23,24,28). The first-order valence-electron chi connectivity index (χ1n) is 9.32. The zero-order valence-electron chi connectivity index (χ0n) is 16.9. The van der Waals surface area contributed by atoms with Crippen molar-refractivity contribution in [1.82, 2.24) is 20.0 Å². The SMILES string of the molecule is Cc1cc(C)n(-c2ccccc2NC(=O)NCc2ccc(CN(C)C)cc2)n1. The van der Waals surface area contributed by atoms with Crippen molar-refractivity contribution in [3.8, 4) is 5.69 Å². The number of aryl methyl sites for hydroxylation is 2. The number of carbonyl (C=O) groups is 1. The molecule has 2 aromatic carbocycles. The van der Waals surface area contributed by atoms with E-state index in [1.807, 2.05) is 75.1 Å². The zero-order chi connectivity index (χ0) is 20.1. The fourth-order valence-corrected chi connectivity index (χ4v) is 3.11. The summed E-state index contributed by atoms with van der Waals surface area (Å²) < 4.78 is 1.84. The van der Waals surface area contributed by atoms with Crippen molar-refractivity contribution in [3.05, 3.63) is 77.1 Å². The number of nitrogens with one attached hydrogen (secondary N) is 2. The van der Waals surface area contributed by atoms with Gasteiger partial charge in [-0.15, -0.1) is 0 Å². The molecule has 0 fully saturated rings. The Hall–Kier alpha value is -3.12. The van der Waals surface area contributed by atoms with Crippen LogP contribution in [0.5, 0.6) is 0 Å². The number of benzene rings is 2. The lowest BCUT2D eigenvalue weighted by molar-refractivity contribution is 0.251. The van der Waals surface area contributed by atoms with E-state index >= 15 is 0 Å². The highest BCUT2D eigenvalue weighted by atomic mass is 16.2. The first-order chi connectivity index (χ1) is 13.4. The minimum Gasteiger partial charge on any atom is -0.334 e. The largest absolute Gasteiger partial charge is 0.334 e. The fraction of sp³-hybridized carbons (Fsp3) is 0.273. The average Bonchev–Trinajstić information content (AvgIpc) is 2.99. The molecule has 0 spiro atoms. The fourth-order valence-electron chi connectivity index (χ4n) is 3.11. The number of para-hydroxylation sites is 2. The molecule has 2 N–H and O–H groups in total. The van der Waals surface area contributed by atoms with Crippen molar-refractivity contribution in [2.24, 2.45) is 0 Å². The molecule has 3 aromatic rings. The summed E-state index contributed by atoms with van der Waals surface area (Å²) in [5, 5.41) is 10.4. The Morgan fingerprint density at radius 1 is 1.04 bits per heavy atom. The van der Waals surface area contributed by atoms with Gasteiger partial charge >= 0.3 is 6.03 Å². The van der Waals surface area contributed by atoms with Gasteiger partial charge in [-0.1, -0.05) is 36.4 Å². The van der Waals surface area contributed by atoms with Crippen LogP contribution in [0, 0.1) is 13.8 Å². The van der Waals surface area contributed by atoms with Crippen LogP contribution in [0.4, 0.5) is 10.5 Å². The number of urea groups is 1. The van der Waals surface area contributed by atoms with Gasteiger partial charge in [0.1, 0.15) is 0 Å². The normalized spacial score (nSPS) is 10.9. The summed E-state index contributed by atoms with van der Waals surface area (Å²) in [7, 11) is 4.09. The number of rotatable bonds is 6. The minimum absolute atomic E-state index is 0.244. The number of hydrogen-bond donors (Lipinski definition) is 2. The van der Waals surface area contributed by atoms with Crippen molar-refractivity contribution in [1.29, 1.82) is 0 Å². The minimum atomic E-state index is -0.244. The molecule has 0 atom stereocenters. The van der Waals surface area contributed by atoms with Crippen molar-refractivity contribution >= 4 is 11.7 Å². The lowest BCUT2D eigenvalue weighted by Crippen LogP contribution is -2.28. The van der Waals surface area contributed by atoms with E-state index in [2.05, 4.69) is 32.8 Å². The molecule has 0 unspecified atom stereocenters. The van der Waals surface area contributed by atoms with Crippen LogP contribution < -0.4 is 10.6 Å². The molecule has 0 saturated heterocycles. The van der Waals surface area contributed by atoms with Gasteiger partial charge in [-0.3, -0.25) is 0 Å². The molecule has 0 aliphatic carbocycles. The third kappa shape index (κ3) is 4.98. The van der Waals surface area contributed by atoms with E-state index in [4.69, 9.17) is 0 Å². The van der Waals surface area contributed by atoms with Crippen molar-refractivity contribution in [2.75, 3.05) is 19.4 Å². The maximum Gasteiger partial charge on any atom is 0.319 e. The first-order valence-corrected chi connectivity index (χ1v) is 9.32. The number of anilines is 1. The molecule has 6 heteroatoms. The number of aromatic nitrogens is 2. The highest BCUT2D eigenvalue weighted by Gasteiger charge is 2.11. The van der Waals surface area contributed by atoms with Gasteiger partial charge < -0.3 is 15.5 Å². The predicted molar refractivity (Wildman–Crippen MR) is 113 cm³/mol. The van der Waals surface area contributed by atoms with Crippen molar-refractivity contribution < 1.29 is 4.79 Å². The summed E-state index contributed by atoms with van der Waals surface area (Å²) in [5.41, 5.74) is 5.82. The van der Waals surface area contributed by atoms with Gasteiger partial charge in [0.15, 0.2) is 0 Å². The Labute approximate surface area is 166 Å². The van der Waals surface area contributed by atoms with Crippen molar-refractivity contribution in [3.63, 3.8) is 0 Å². The highest BCUT2D eigenvalue weighted by Crippen LogP contribution is 2.21. The summed E-state index contributed by atoms with van der Waals surface area (Å²) in [6, 6.07) is 17.7. The van der Waals surface area contributed by atoms with Crippen LogP contribution in [-0.4, -0.2) is 34.8 Å². The van der Waals surface area contributed by atoms with E-state index < -0.39 is 0 Å². The topological polar surface area (TPSA) is 62.2 Å². The molecule has 3 rings (SSSR count). The quantitative estimate of drug-likeness (QED) is 0.685. The number of carbonyl (C=O) groups excluding carboxylic acids is 1. The molecule has 6 nitrogen and oxygen atoms in total. The second-order valence-electron chi connectivity index (χ2n) is 7.22. The Kier molecular flexibility index (Phi) is 6.11. The van der Waals surface area contributed by atoms with E-state index in [-0.39, 0.29) is 6.03 Å². The molecular weight excluding hydrogens is 350 g/mol. The van der Waals surface area contributed by atoms with E-state index in [1.54, 1.807) is 0 Å². The lowest BCUT2D eigenvalue weighted by Gasteiger charge is -2.13. The van der Waals surface area contributed by atoms with Crippen LogP contribution in [0.25, 0.3) is 5.69 Å². The van der Waals surface area contributed by atoms with E-state index in [0.29, 0.717) is 12.2 Å². The maximum atomic E-state index is 12.4. The summed E-state index contributed by atoms with van der Waals surface area (Å²) in [5.74, 6) is 0. The molecule has 146 valence electrons. The Morgan fingerprint density at radius 2 is 1.71 bits per heavy atom. The van der Waals surface area contributed by atoms with Gasteiger partial charge in [-0.2, -0.15) is 5.10 Å². The van der Waals surface area contributed by atoms with Gasteiger partial charge in [-0.25, -0.2) is 9.48 Å². The van der Waals surface area contributed by atoms with E-state index in [0.717, 1.165) is 29.2 Å². The summed E-state index contributed by atoms with van der Waals surface area (Å²) in [6.07, 6.45) is 0. The van der Waals surface area contributed by atoms with Gasteiger partial charge in [-0.05, 0) is 57.3 Å². The molecule has 0 saturated carbocycles. The number of amides is 2. The highest BCUT2D eigenvalue weighted by molar-refractivity contribution is 5.91. The van der Waals surface area contributed by atoms with Gasteiger partial charge in [0, 0.05) is 18.8 Å². The molecule has 28 heavy (non-hydrogen) atoms. The van der Waals surface area contributed by atoms with Crippen molar-refractivity contribution in [2.45, 2.75) is 26.9 Å². The third-order valence-electron chi connectivity index (χ3n) is 4.36. The number of hydrogen-bond acceptors (Lipinski definition) is 3. The van der Waals surface area contributed by atoms with Gasteiger partial charge in [0.05, 0.1) is 17.1 Å². The number of nitrogens with zero attached hydrogens (tertiary/aromatic N) is 3. The van der Waals surface area contributed by atoms with E-state index in [9.17, 15) is 4.79 Å².